The molecule has 0 unspecified atom stereocenters. The molecule has 1 aromatic carbocycles. The fourth-order valence-electron chi connectivity index (χ4n) is 1.74. The highest BCUT2D eigenvalue weighted by molar-refractivity contribution is 5.74. The van der Waals surface area contributed by atoms with Crippen molar-refractivity contribution in [3.63, 3.8) is 0 Å². The molecule has 0 aliphatic carbocycles. The van der Waals surface area contributed by atoms with E-state index in [-0.39, 0.29) is 7.18 Å². The van der Waals surface area contributed by atoms with E-state index in [0.717, 1.165) is 5.52 Å². The number of oxazole rings is 1. The monoisotopic (exact) mass is 193 g/mol. The Bertz CT molecular complexity index is 525. The predicted molar refractivity (Wildman–Crippen MR) is 57.8 cm³/mol. The van der Waals surface area contributed by atoms with Crippen LogP contribution in [0.1, 0.15) is 32.3 Å². The average Bonchev–Trinajstić information content (AvgIpc) is 2.42. The van der Waals surface area contributed by atoms with E-state index in [0.29, 0.717) is 11.5 Å². The maximum absolute atomic E-state index is 11.0. The Labute approximate surface area is 83.2 Å². The third-order valence-electron chi connectivity index (χ3n) is 2.43. The summed E-state index contributed by atoms with van der Waals surface area (Å²) < 4.78 is 5.00. The van der Waals surface area contributed by atoms with Crippen LogP contribution in [0.15, 0.2) is 21.3 Å². The number of hydrogen-bond donors (Lipinski definition) is 1. The van der Waals surface area contributed by atoms with Crippen LogP contribution in [0.25, 0.3) is 11.1 Å². The highest BCUT2D eigenvalue weighted by Gasteiger charge is 2.08. The van der Waals surface area contributed by atoms with Crippen molar-refractivity contribution in [3.8, 4) is 0 Å². The first-order valence-corrected chi connectivity index (χ1v) is 4.71. The second-order valence-electron chi connectivity index (χ2n) is 3.87. The van der Waals surface area contributed by atoms with Crippen LogP contribution in [0.4, 0.5) is 0 Å². The Morgan fingerprint density at radius 2 is 2.14 bits per heavy atom. The third-order valence-corrected chi connectivity index (χ3v) is 2.43. The molecular formula is C11H15NO2. The minimum atomic E-state index is -0.389. The molecule has 0 spiro atoms. The van der Waals surface area contributed by atoms with Crippen LogP contribution in [-0.4, -0.2) is 4.98 Å². The number of aromatic amines is 1. The highest BCUT2D eigenvalue weighted by atomic mass is 16.4. The summed E-state index contributed by atoms with van der Waals surface area (Å²) >= 11 is 0. The molecule has 1 N–H and O–H groups in total. The van der Waals surface area contributed by atoms with Crippen LogP contribution >= 0.6 is 0 Å². The van der Waals surface area contributed by atoms with Gasteiger partial charge in [-0.2, -0.15) is 0 Å². The first-order valence-electron chi connectivity index (χ1n) is 4.71. The highest BCUT2D eigenvalue weighted by Crippen LogP contribution is 2.23. The Morgan fingerprint density at radius 3 is 2.79 bits per heavy atom. The lowest BCUT2D eigenvalue weighted by Crippen LogP contribution is -1.93. The van der Waals surface area contributed by atoms with Crippen LogP contribution < -0.4 is 5.76 Å². The maximum atomic E-state index is 11.0. The molecule has 0 amide bonds. The van der Waals surface area contributed by atoms with Crippen LogP contribution in [0.2, 0.25) is 0 Å². The van der Waals surface area contributed by atoms with Gasteiger partial charge in [-0.15, -0.1) is 0 Å². The lowest BCUT2D eigenvalue weighted by atomic mass is 9.98. The quantitative estimate of drug-likeness (QED) is 0.756. The zero-order valence-electron chi connectivity index (χ0n) is 8.55. The Morgan fingerprint density at radius 1 is 1.43 bits per heavy atom. The van der Waals surface area contributed by atoms with Crippen molar-refractivity contribution in [3.05, 3.63) is 33.8 Å². The van der Waals surface area contributed by atoms with E-state index in [2.05, 4.69) is 18.8 Å². The smallest absolute Gasteiger partial charge is 0.408 e. The molecule has 76 valence electrons. The van der Waals surface area contributed by atoms with Gasteiger partial charge in [0.05, 0.1) is 5.52 Å². The summed E-state index contributed by atoms with van der Waals surface area (Å²) in [5.41, 5.74) is 3.83. The van der Waals surface area contributed by atoms with E-state index < -0.39 is 0 Å². The molecule has 14 heavy (non-hydrogen) atoms. The summed E-state index contributed by atoms with van der Waals surface area (Å²) in [7, 11) is 0. The number of H-pyrrole nitrogens is 1. The maximum Gasteiger partial charge on any atom is 0.417 e. The number of fused-ring (bicyclic) bond motifs is 1. The minimum absolute atomic E-state index is 0. The van der Waals surface area contributed by atoms with Gasteiger partial charge in [0.15, 0.2) is 5.58 Å². The SMILES string of the molecule is Cc1cc2[nH]c(=O)oc2cc1C(C)C.[HH]. The van der Waals surface area contributed by atoms with E-state index in [1.165, 1.54) is 11.1 Å². The van der Waals surface area contributed by atoms with Gasteiger partial charge >= 0.3 is 5.76 Å². The molecule has 0 saturated heterocycles. The van der Waals surface area contributed by atoms with Crippen molar-refractivity contribution in [2.75, 3.05) is 0 Å². The van der Waals surface area contributed by atoms with E-state index in [9.17, 15) is 4.79 Å². The van der Waals surface area contributed by atoms with E-state index in [4.69, 9.17) is 4.42 Å². The van der Waals surface area contributed by atoms with Gasteiger partial charge in [0.2, 0.25) is 0 Å². The molecule has 3 heteroatoms. The number of aromatic nitrogens is 1. The lowest BCUT2D eigenvalue weighted by molar-refractivity contribution is 0.554. The van der Waals surface area contributed by atoms with Crippen molar-refractivity contribution >= 4 is 11.1 Å². The Hall–Kier alpha value is -1.51. The van der Waals surface area contributed by atoms with Gasteiger partial charge in [0.1, 0.15) is 0 Å². The number of benzene rings is 1. The van der Waals surface area contributed by atoms with Crippen LogP contribution in [0, 0.1) is 6.92 Å². The van der Waals surface area contributed by atoms with Gasteiger partial charge in [-0.1, -0.05) is 13.8 Å². The lowest BCUT2D eigenvalue weighted by Gasteiger charge is -2.08. The van der Waals surface area contributed by atoms with Gasteiger partial charge in [-0.25, -0.2) is 4.79 Å². The van der Waals surface area contributed by atoms with Crippen LogP contribution in [-0.2, 0) is 0 Å². The molecule has 1 aromatic heterocycles. The summed E-state index contributed by atoms with van der Waals surface area (Å²) in [6.45, 7) is 6.29. The van der Waals surface area contributed by atoms with Gasteiger partial charge in [-0.05, 0) is 36.1 Å². The standard InChI is InChI=1S/C11H13NO2.H2/c1-6(2)8-5-10-9(4-7(8)3)12-11(13)14-10;/h4-6H,1-3H3,(H,12,13);1H. The fourth-order valence-corrected chi connectivity index (χ4v) is 1.74. The first kappa shape index (κ1) is 9.06. The molecule has 1 heterocycles. The van der Waals surface area contributed by atoms with Crippen LogP contribution in [0.5, 0.6) is 0 Å². The molecule has 3 nitrogen and oxygen atoms in total. The van der Waals surface area contributed by atoms with E-state index >= 15 is 0 Å². The van der Waals surface area contributed by atoms with E-state index in [1.54, 1.807) is 0 Å². The molecule has 0 aliphatic heterocycles. The van der Waals surface area contributed by atoms with Crippen LogP contribution in [0.3, 0.4) is 0 Å². The van der Waals surface area contributed by atoms with Gasteiger partial charge in [-0.3, -0.25) is 4.98 Å². The fraction of sp³-hybridized carbons (Fsp3) is 0.364. The minimum Gasteiger partial charge on any atom is -0.408 e. The second-order valence-corrected chi connectivity index (χ2v) is 3.87. The molecule has 0 saturated carbocycles. The predicted octanol–water partition coefficient (Wildman–Crippen LogP) is 2.80. The topological polar surface area (TPSA) is 46.0 Å². The largest absolute Gasteiger partial charge is 0.417 e. The molecule has 0 bridgehead atoms. The van der Waals surface area contributed by atoms with Gasteiger partial charge in [0, 0.05) is 1.43 Å². The van der Waals surface area contributed by atoms with Crippen molar-refractivity contribution in [2.45, 2.75) is 26.7 Å². The summed E-state index contributed by atoms with van der Waals surface area (Å²) in [5.74, 6) is 0.0555. The zero-order valence-corrected chi connectivity index (χ0v) is 8.55. The third kappa shape index (κ3) is 1.35. The summed E-state index contributed by atoms with van der Waals surface area (Å²) in [5, 5.41) is 0. The molecule has 0 radical (unpaired) electrons. The van der Waals surface area contributed by atoms with Gasteiger partial charge in [0.25, 0.3) is 0 Å². The van der Waals surface area contributed by atoms with Crippen molar-refractivity contribution in [1.29, 1.82) is 0 Å². The van der Waals surface area contributed by atoms with Gasteiger partial charge < -0.3 is 4.42 Å². The van der Waals surface area contributed by atoms with Crippen molar-refractivity contribution < 1.29 is 5.84 Å². The van der Waals surface area contributed by atoms with E-state index in [1.807, 2.05) is 19.1 Å². The number of rotatable bonds is 1. The first-order chi connectivity index (χ1) is 6.58. The molecule has 0 atom stereocenters. The Kier molecular flexibility index (Phi) is 1.95. The Balaban J connectivity index is 0.00000112. The molecule has 2 rings (SSSR count). The van der Waals surface area contributed by atoms with Crippen molar-refractivity contribution in [1.82, 2.24) is 4.98 Å². The molecule has 0 aliphatic rings. The summed E-state index contributed by atoms with van der Waals surface area (Å²) in [4.78, 5) is 13.6. The summed E-state index contributed by atoms with van der Waals surface area (Å²) in [6, 6.07) is 3.89. The zero-order chi connectivity index (χ0) is 10.3. The average molecular weight is 193 g/mol. The number of nitrogens with one attached hydrogen (secondary N) is 1. The second kappa shape index (κ2) is 3.01. The molecular weight excluding hydrogens is 178 g/mol. The summed E-state index contributed by atoms with van der Waals surface area (Å²) in [6.07, 6.45) is 0. The van der Waals surface area contributed by atoms with Crippen molar-refractivity contribution in [2.24, 2.45) is 0 Å². The number of hydrogen-bond acceptors (Lipinski definition) is 2. The molecule has 0 fully saturated rings. The normalized spacial score (nSPS) is 11.4. The molecule has 2 aromatic rings. The number of aryl methyl sites for hydroxylation is 1.